The van der Waals surface area contributed by atoms with Crippen LogP contribution in [0.15, 0.2) is 30.5 Å². The van der Waals surface area contributed by atoms with Crippen molar-refractivity contribution in [2.24, 2.45) is 0 Å². The van der Waals surface area contributed by atoms with Gasteiger partial charge in [-0.05, 0) is 42.5 Å². The summed E-state index contributed by atoms with van der Waals surface area (Å²) < 4.78 is 18.6. The number of rotatable bonds is 4. The first-order valence-electron chi connectivity index (χ1n) is 7.02. The number of ether oxygens (including phenoxy) is 1. The van der Waals surface area contributed by atoms with E-state index in [0.29, 0.717) is 17.6 Å². The average molecular weight is 298 g/mol. The Morgan fingerprint density at radius 1 is 1.36 bits per heavy atom. The van der Waals surface area contributed by atoms with Gasteiger partial charge in [0.25, 0.3) is 0 Å². The van der Waals surface area contributed by atoms with Gasteiger partial charge in [-0.15, -0.1) is 0 Å². The van der Waals surface area contributed by atoms with E-state index >= 15 is 0 Å². The van der Waals surface area contributed by atoms with Crippen molar-refractivity contribution in [3.63, 3.8) is 0 Å². The molecular formula is C16H15FN4O. The van der Waals surface area contributed by atoms with Gasteiger partial charge in [0.2, 0.25) is 5.95 Å². The summed E-state index contributed by atoms with van der Waals surface area (Å²) in [4.78, 5) is 8.18. The van der Waals surface area contributed by atoms with E-state index in [-0.39, 0.29) is 17.6 Å². The lowest BCUT2D eigenvalue weighted by Crippen LogP contribution is -2.34. The highest BCUT2D eigenvalue weighted by Gasteiger charge is 2.31. The van der Waals surface area contributed by atoms with Crippen molar-refractivity contribution in [2.45, 2.75) is 24.8 Å². The molecule has 3 rings (SSSR count). The van der Waals surface area contributed by atoms with Crippen molar-refractivity contribution in [2.75, 3.05) is 12.4 Å². The quantitative estimate of drug-likeness (QED) is 0.939. The maximum absolute atomic E-state index is 13.7. The number of halogens is 1. The Labute approximate surface area is 127 Å². The number of anilines is 1. The normalized spacial score (nSPS) is 19.9. The molecular weight excluding hydrogens is 283 g/mol. The summed E-state index contributed by atoms with van der Waals surface area (Å²) in [6, 6.07) is 8.88. The highest BCUT2D eigenvalue weighted by Crippen LogP contribution is 2.39. The van der Waals surface area contributed by atoms with Gasteiger partial charge in [-0.1, -0.05) is 6.07 Å². The fourth-order valence-corrected chi connectivity index (χ4v) is 2.62. The van der Waals surface area contributed by atoms with Gasteiger partial charge >= 0.3 is 0 Å². The number of nitrogens with one attached hydrogen (secondary N) is 1. The molecule has 2 aromatic rings. The first kappa shape index (κ1) is 14.3. The smallest absolute Gasteiger partial charge is 0.224 e. The van der Waals surface area contributed by atoms with Crippen LogP contribution < -0.4 is 10.1 Å². The third-order valence-electron chi connectivity index (χ3n) is 3.89. The lowest BCUT2D eigenvalue weighted by Gasteiger charge is -2.36. The summed E-state index contributed by atoms with van der Waals surface area (Å²) in [6.45, 7) is 0. The molecule has 112 valence electrons. The Kier molecular flexibility index (Phi) is 3.88. The van der Waals surface area contributed by atoms with Gasteiger partial charge in [-0.3, -0.25) is 0 Å². The Morgan fingerprint density at radius 3 is 2.86 bits per heavy atom. The predicted molar refractivity (Wildman–Crippen MR) is 79.1 cm³/mol. The molecule has 0 unspecified atom stereocenters. The number of hydrogen-bond acceptors (Lipinski definition) is 5. The van der Waals surface area contributed by atoms with Crippen LogP contribution in [-0.4, -0.2) is 23.1 Å². The molecule has 0 radical (unpaired) electrons. The fraction of sp³-hybridized carbons (Fsp3) is 0.312. The Hall–Kier alpha value is -2.68. The van der Waals surface area contributed by atoms with Crippen molar-refractivity contribution in [3.8, 4) is 11.8 Å². The zero-order valence-corrected chi connectivity index (χ0v) is 12.1. The molecule has 5 nitrogen and oxygen atoms in total. The van der Waals surface area contributed by atoms with Crippen molar-refractivity contribution in [1.29, 1.82) is 5.26 Å². The molecule has 0 saturated heterocycles. The number of methoxy groups -OCH3 is 1. The molecule has 0 spiro atoms. The number of aromatic nitrogens is 2. The van der Waals surface area contributed by atoms with Crippen LogP contribution in [0.5, 0.6) is 5.75 Å². The number of hydrogen-bond donors (Lipinski definition) is 1. The molecule has 0 amide bonds. The van der Waals surface area contributed by atoms with E-state index in [1.807, 2.05) is 12.1 Å². The molecule has 0 bridgehead atoms. The standard InChI is InChI=1S/C16H15FN4O/c1-22-15-3-2-10(8-14(15)17)11-6-13(7-11)21-16-19-5-4-12(9-18)20-16/h2-5,8,11,13H,6-7H2,1H3,(H,19,20,21). The second-order valence-corrected chi connectivity index (χ2v) is 5.28. The van der Waals surface area contributed by atoms with Gasteiger partial charge in [0.05, 0.1) is 7.11 Å². The molecule has 22 heavy (non-hydrogen) atoms. The van der Waals surface area contributed by atoms with E-state index < -0.39 is 0 Å². The third-order valence-corrected chi connectivity index (χ3v) is 3.89. The SMILES string of the molecule is COc1ccc(C2CC(Nc3nccc(C#N)n3)C2)cc1F. The maximum atomic E-state index is 13.7. The minimum atomic E-state index is -0.332. The molecule has 1 aliphatic carbocycles. The van der Waals surface area contributed by atoms with Gasteiger partial charge in [-0.25, -0.2) is 14.4 Å². The Morgan fingerprint density at radius 2 is 2.18 bits per heavy atom. The molecule has 1 fully saturated rings. The van der Waals surface area contributed by atoms with Gasteiger partial charge < -0.3 is 10.1 Å². The van der Waals surface area contributed by atoms with E-state index in [1.165, 1.54) is 13.2 Å². The lowest BCUT2D eigenvalue weighted by molar-refractivity contribution is 0.365. The second-order valence-electron chi connectivity index (χ2n) is 5.28. The average Bonchev–Trinajstić information content (AvgIpc) is 2.50. The minimum Gasteiger partial charge on any atom is -0.494 e. The van der Waals surface area contributed by atoms with Crippen LogP contribution in [0.3, 0.4) is 0 Å². The first-order chi connectivity index (χ1) is 10.7. The molecule has 1 aliphatic rings. The molecule has 1 aromatic heterocycles. The van der Waals surface area contributed by atoms with Gasteiger partial charge in [0.1, 0.15) is 11.8 Å². The monoisotopic (exact) mass is 298 g/mol. The minimum absolute atomic E-state index is 0.240. The summed E-state index contributed by atoms with van der Waals surface area (Å²) in [5.41, 5.74) is 1.31. The number of nitriles is 1. The molecule has 1 saturated carbocycles. The second kappa shape index (κ2) is 5.98. The van der Waals surface area contributed by atoms with Crippen molar-refractivity contribution in [1.82, 2.24) is 9.97 Å². The summed E-state index contributed by atoms with van der Waals surface area (Å²) >= 11 is 0. The molecule has 1 heterocycles. The van der Waals surface area contributed by atoms with Crippen LogP contribution >= 0.6 is 0 Å². The number of benzene rings is 1. The van der Waals surface area contributed by atoms with E-state index in [0.717, 1.165) is 18.4 Å². The fourth-order valence-electron chi connectivity index (χ4n) is 2.62. The summed E-state index contributed by atoms with van der Waals surface area (Å²) in [6.07, 6.45) is 3.32. The summed E-state index contributed by atoms with van der Waals surface area (Å²) in [7, 11) is 1.46. The van der Waals surface area contributed by atoms with Crippen LogP contribution in [-0.2, 0) is 0 Å². The van der Waals surface area contributed by atoms with Crippen LogP contribution in [0.4, 0.5) is 10.3 Å². The van der Waals surface area contributed by atoms with Crippen LogP contribution in [0.1, 0.15) is 30.0 Å². The van der Waals surface area contributed by atoms with E-state index in [1.54, 1.807) is 18.3 Å². The summed E-state index contributed by atoms with van der Waals surface area (Å²) in [5.74, 6) is 0.710. The summed E-state index contributed by atoms with van der Waals surface area (Å²) in [5, 5.41) is 12.0. The van der Waals surface area contributed by atoms with Crippen molar-refractivity contribution in [3.05, 3.63) is 47.5 Å². The Balaban J connectivity index is 1.60. The van der Waals surface area contributed by atoms with Crippen molar-refractivity contribution >= 4 is 5.95 Å². The molecule has 0 aliphatic heterocycles. The highest BCUT2D eigenvalue weighted by atomic mass is 19.1. The van der Waals surface area contributed by atoms with E-state index in [2.05, 4.69) is 15.3 Å². The number of nitrogens with zero attached hydrogens (tertiary/aromatic N) is 3. The van der Waals surface area contributed by atoms with Gasteiger partial charge in [-0.2, -0.15) is 5.26 Å². The topological polar surface area (TPSA) is 70.8 Å². The molecule has 1 aromatic carbocycles. The first-order valence-corrected chi connectivity index (χ1v) is 7.02. The van der Waals surface area contributed by atoms with Crippen LogP contribution in [0.2, 0.25) is 0 Å². The maximum Gasteiger partial charge on any atom is 0.224 e. The predicted octanol–water partition coefficient (Wildman–Crippen LogP) is 2.85. The molecule has 1 N–H and O–H groups in total. The zero-order valence-electron chi connectivity index (χ0n) is 12.1. The Bertz CT molecular complexity index is 722. The molecule has 6 heteroatoms. The van der Waals surface area contributed by atoms with Gasteiger partial charge in [0, 0.05) is 12.2 Å². The van der Waals surface area contributed by atoms with Crippen molar-refractivity contribution < 1.29 is 9.13 Å². The lowest BCUT2D eigenvalue weighted by atomic mass is 9.76. The van der Waals surface area contributed by atoms with Crippen LogP contribution in [0, 0.1) is 17.1 Å². The van der Waals surface area contributed by atoms with Gasteiger partial charge in [0.15, 0.2) is 11.6 Å². The van der Waals surface area contributed by atoms with E-state index in [9.17, 15) is 4.39 Å². The largest absolute Gasteiger partial charge is 0.494 e. The zero-order chi connectivity index (χ0) is 15.5. The third kappa shape index (κ3) is 2.84. The highest BCUT2D eigenvalue weighted by molar-refractivity contribution is 5.36. The van der Waals surface area contributed by atoms with Crippen LogP contribution in [0.25, 0.3) is 0 Å². The molecule has 0 atom stereocenters. The van der Waals surface area contributed by atoms with E-state index in [4.69, 9.17) is 10.00 Å².